The van der Waals surface area contributed by atoms with Gasteiger partial charge in [0.15, 0.2) is 0 Å². The molecule has 18 heavy (non-hydrogen) atoms. The molecule has 1 aromatic carbocycles. The molecule has 0 aromatic heterocycles. The number of halogens is 1. The summed E-state index contributed by atoms with van der Waals surface area (Å²) < 4.78 is 5.66. The van der Waals surface area contributed by atoms with Gasteiger partial charge in [0.1, 0.15) is 0 Å². The average molecular weight is 311 g/mol. The molecule has 1 aromatic rings. The highest BCUT2D eigenvalue weighted by Gasteiger charge is 2.21. The maximum absolute atomic E-state index is 11.9. The molecule has 0 aliphatic heterocycles. The molecule has 1 aliphatic carbocycles. The first-order chi connectivity index (χ1) is 8.63. The van der Waals surface area contributed by atoms with Crippen LogP contribution in [0.3, 0.4) is 0 Å². The molecule has 3 nitrogen and oxygen atoms in total. The van der Waals surface area contributed by atoms with Crippen LogP contribution in [0, 0.1) is 0 Å². The Morgan fingerprint density at radius 3 is 2.72 bits per heavy atom. The van der Waals surface area contributed by atoms with E-state index in [9.17, 15) is 9.59 Å². The summed E-state index contributed by atoms with van der Waals surface area (Å²) in [5.74, 6) is -1.34. The molecule has 0 saturated carbocycles. The molecule has 0 saturated heterocycles. The van der Waals surface area contributed by atoms with E-state index >= 15 is 0 Å². The van der Waals surface area contributed by atoms with Crippen molar-refractivity contribution in [3.05, 3.63) is 33.3 Å². The van der Waals surface area contributed by atoms with E-state index in [1.54, 1.807) is 13.0 Å². The number of Topliss-reactive ketones (excluding diaryl/α,β-unsaturated/α-hetero) is 1. The number of benzene rings is 1. The van der Waals surface area contributed by atoms with Gasteiger partial charge in [0.25, 0.3) is 5.78 Å². The van der Waals surface area contributed by atoms with Crippen LogP contribution in [-0.2, 0) is 22.4 Å². The van der Waals surface area contributed by atoms with Gasteiger partial charge >= 0.3 is 5.97 Å². The summed E-state index contributed by atoms with van der Waals surface area (Å²) in [6, 6.07) is 3.56. The largest absolute Gasteiger partial charge is 0.460 e. The van der Waals surface area contributed by atoms with Gasteiger partial charge in [-0.05, 0) is 55.9 Å². The number of aryl methyl sites for hydroxylation is 1. The van der Waals surface area contributed by atoms with Gasteiger partial charge in [0.2, 0.25) is 0 Å². The Hall–Kier alpha value is -1.16. The molecule has 2 rings (SSSR count). The molecule has 1 aliphatic rings. The standard InChI is InChI=1S/C14H15BrO3/c1-2-18-14(17)13(16)10-7-9-5-3-4-6-11(9)12(15)8-10/h7-8H,2-6H2,1H3. The van der Waals surface area contributed by atoms with Gasteiger partial charge in [-0.3, -0.25) is 4.79 Å². The second-order valence-electron chi connectivity index (χ2n) is 4.35. The minimum absolute atomic E-state index is 0.219. The average Bonchev–Trinajstić information content (AvgIpc) is 2.38. The van der Waals surface area contributed by atoms with E-state index in [0.29, 0.717) is 5.56 Å². The van der Waals surface area contributed by atoms with Crippen LogP contribution >= 0.6 is 15.9 Å². The summed E-state index contributed by atoms with van der Waals surface area (Å²) in [6.07, 6.45) is 4.31. The maximum atomic E-state index is 11.9. The van der Waals surface area contributed by atoms with E-state index in [1.807, 2.05) is 6.07 Å². The van der Waals surface area contributed by atoms with Gasteiger partial charge < -0.3 is 4.74 Å². The molecular weight excluding hydrogens is 296 g/mol. The van der Waals surface area contributed by atoms with Gasteiger partial charge in [-0.15, -0.1) is 0 Å². The predicted octanol–water partition coefficient (Wildman–Crippen LogP) is 3.07. The molecule has 0 bridgehead atoms. The van der Waals surface area contributed by atoms with E-state index in [0.717, 1.165) is 23.7 Å². The summed E-state index contributed by atoms with van der Waals surface area (Å²) in [5, 5.41) is 0. The second-order valence-corrected chi connectivity index (χ2v) is 5.21. The third-order valence-electron chi connectivity index (χ3n) is 3.13. The normalized spacial score (nSPS) is 13.9. The highest BCUT2D eigenvalue weighted by Crippen LogP contribution is 2.29. The molecule has 0 heterocycles. The molecule has 0 unspecified atom stereocenters. The lowest BCUT2D eigenvalue weighted by molar-refractivity contribution is -0.137. The van der Waals surface area contributed by atoms with Crippen molar-refractivity contribution < 1.29 is 14.3 Å². The van der Waals surface area contributed by atoms with Crippen LogP contribution in [0.15, 0.2) is 16.6 Å². The lowest BCUT2D eigenvalue weighted by atomic mass is 9.90. The molecule has 0 N–H and O–H groups in total. The van der Waals surface area contributed by atoms with E-state index in [1.165, 1.54) is 17.5 Å². The van der Waals surface area contributed by atoms with Crippen LogP contribution < -0.4 is 0 Å². The van der Waals surface area contributed by atoms with E-state index in [4.69, 9.17) is 4.74 Å². The number of hydrogen-bond donors (Lipinski definition) is 0. The second kappa shape index (κ2) is 5.65. The first-order valence-corrected chi connectivity index (χ1v) is 6.95. The lowest BCUT2D eigenvalue weighted by Crippen LogP contribution is -2.18. The SMILES string of the molecule is CCOC(=O)C(=O)c1cc(Br)c2c(c1)CCCC2. The van der Waals surface area contributed by atoms with Crippen molar-refractivity contribution in [2.75, 3.05) is 6.61 Å². The number of ether oxygens (including phenoxy) is 1. The summed E-state index contributed by atoms with van der Waals surface area (Å²) >= 11 is 3.48. The third-order valence-corrected chi connectivity index (χ3v) is 3.84. The van der Waals surface area contributed by atoms with Crippen molar-refractivity contribution in [1.82, 2.24) is 0 Å². The van der Waals surface area contributed by atoms with Crippen molar-refractivity contribution in [2.45, 2.75) is 32.6 Å². The Morgan fingerprint density at radius 2 is 2.00 bits per heavy atom. The summed E-state index contributed by atoms with van der Waals surface area (Å²) in [5.41, 5.74) is 2.85. The van der Waals surface area contributed by atoms with Crippen LogP contribution in [0.4, 0.5) is 0 Å². The number of rotatable bonds is 3. The predicted molar refractivity (Wildman–Crippen MR) is 71.7 cm³/mol. The minimum atomic E-state index is -0.778. The Kier molecular flexibility index (Phi) is 4.17. The number of esters is 1. The van der Waals surface area contributed by atoms with E-state index < -0.39 is 11.8 Å². The van der Waals surface area contributed by atoms with E-state index in [-0.39, 0.29) is 6.61 Å². The molecule has 0 fully saturated rings. The molecule has 0 radical (unpaired) electrons. The summed E-state index contributed by atoms with van der Waals surface area (Å²) in [4.78, 5) is 23.3. The van der Waals surface area contributed by atoms with Crippen molar-refractivity contribution in [3.8, 4) is 0 Å². The van der Waals surface area contributed by atoms with Crippen LogP contribution in [0.1, 0.15) is 41.3 Å². The van der Waals surface area contributed by atoms with E-state index in [2.05, 4.69) is 15.9 Å². The van der Waals surface area contributed by atoms with Crippen molar-refractivity contribution in [2.24, 2.45) is 0 Å². The third kappa shape index (κ3) is 2.64. The van der Waals surface area contributed by atoms with Crippen LogP contribution in [0.25, 0.3) is 0 Å². The molecule has 4 heteroatoms. The van der Waals surface area contributed by atoms with Gasteiger partial charge in [0, 0.05) is 10.0 Å². The molecule has 96 valence electrons. The Labute approximate surface area is 115 Å². The highest BCUT2D eigenvalue weighted by molar-refractivity contribution is 9.10. The number of fused-ring (bicyclic) bond motifs is 1. The zero-order valence-corrected chi connectivity index (χ0v) is 11.9. The van der Waals surface area contributed by atoms with Gasteiger partial charge in [0.05, 0.1) is 6.61 Å². The van der Waals surface area contributed by atoms with Crippen LogP contribution in [-0.4, -0.2) is 18.4 Å². The van der Waals surface area contributed by atoms with Gasteiger partial charge in [-0.2, -0.15) is 0 Å². The first-order valence-electron chi connectivity index (χ1n) is 6.16. The summed E-state index contributed by atoms with van der Waals surface area (Å²) in [6.45, 7) is 1.91. The van der Waals surface area contributed by atoms with Crippen molar-refractivity contribution in [1.29, 1.82) is 0 Å². The van der Waals surface area contributed by atoms with Crippen molar-refractivity contribution in [3.63, 3.8) is 0 Å². The fourth-order valence-electron chi connectivity index (χ4n) is 2.26. The first kappa shape index (κ1) is 13.3. The lowest BCUT2D eigenvalue weighted by Gasteiger charge is -2.18. The Bertz CT molecular complexity index is 494. The highest BCUT2D eigenvalue weighted by atomic mass is 79.9. The Balaban J connectivity index is 2.32. The smallest absolute Gasteiger partial charge is 0.379 e. The summed E-state index contributed by atoms with van der Waals surface area (Å²) in [7, 11) is 0. The number of carbonyl (C=O) groups is 2. The molecule has 0 atom stereocenters. The fraction of sp³-hybridized carbons (Fsp3) is 0.429. The van der Waals surface area contributed by atoms with Crippen LogP contribution in [0.2, 0.25) is 0 Å². The molecular formula is C14H15BrO3. The van der Waals surface area contributed by atoms with Crippen LogP contribution in [0.5, 0.6) is 0 Å². The zero-order valence-electron chi connectivity index (χ0n) is 10.3. The zero-order chi connectivity index (χ0) is 13.1. The Morgan fingerprint density at radius 1 is 1.28 bits per heavy atom. The van der Waals surface area contributed by atoms with Crippen molar-refractivity contribution >= 4 is 27.7 Å². The molecule has 0 amide bonds. The minimum Gasteiger partial charge on any atom is -0.460 e. The fourth-order valence-corrected chi connectivity index (χ4v) is 2.96. The molecule has 0 spiro atoms. The number of hydrogen-bond acceptors (Lipinski definition) is 3. The maximum Gasteiger partial charge on any atom is 0.379 e. The number of carbonyl (C=O) groups excluding carboxylic acids is 2. The topological polar surface area (TPSA) is 43.4 Å². The van der Waals surface area contributed by atoms with Gasteiger partial charge in [-0.1, -0.05) is 15.9 Å². The number of ketones is 1. The quantitative estimate of drug-likeness (QED) is 0.489. The monoisotopic (exact) mass is 310 g/mol. The van der Waals surface area contributed by atoms with Gasteiger partial charge in [-0.25, -0.2) is 4.79 Å².